The molecule has 2 aliphatic rings. The molecule has 5 rings (SSSR count). The molecule has 7 nitrogen and oxygen atoms in total. The average molecular weight is 474 g/mol. The van der Waals surface area contributed by atoms with Crippen LogP contribution in [-0.4, -0.2) is 50.4 Å². The number of anilines is 1. The van der Waals surface area contributed by atoms with Crippen LogP contribution in [0.5, 0.6) is 0 Å². The van der Waals surface area contributed by atoms with Gasteiger partial charge >= 0.3 is 0 Å². The number of hydrogen-bond acceptors (Lipinski definition) is 6. The zero-order valence-corrected chi connectivity index (χ0v) is 18.4. The number of amides is 1. The zero-order chi connectivity index (χ0) is 23.2. The summed E-state index contributed by atoms with van der Waals surface area (Å²) < 4.78 is 60.3. The molecule has 2 heterocycles. The van der Waals surface area contributed by atoms with Gasteiger partial charge in [-0.15, -0.1) is 0 Å². The molecule has 2 aromatic carbocycles. The van der Waals surface area contributed by atoms with E-state index >= 15 is 0 Å². The van der Waals surface area contributed by atoms with Crippen LogP contribution in [0, 0.1) is 17.6 Å². The summed E-state index contributed by atoms with van der Waals surface area (Å²) in [5, 5.41) is -0.366. The number of aromatic nitrogens is 1. The lowest BCUT2D eigenvalue weighted by atomic mass is 10.2. The highest BCUT2D eigenvalue weighted by molar-refractivity contribution is 7.91. The smallest absolute Gasteiger partial charge is 0.236 e. The van der Waals surface area contributed by atoms with Gasteiger partial charge in [-0.25, -0.2) is 17.2 Å². The molecule has 0 N–H and O–H groups in total. The van der Waals surface area contributed by atoms with Crippen molar-refractivity contribution in [1.82, 2.24) is 9.88 Å². The molecule has 1 aliphatic carbocycles. The third-order valence-electron chi connectivity index (χ3n) is 5.87. The number of sulfone groups is 1. The fourth-order valence-corrected chi connectivity index (χ4v) is 5.19. The third-order valence-corrected chi connectivity index (χ3v) is 7.54. The monoisotopic (exact) mass is 473 g/mol. The van der Waals surface area contributed by atoms with Crippen molar-refractivity contribution in [3.05, 3.63) is 60.2 Å². The van der Waals surface area contributed by atoms with E-state index in [2.05, 4.69) is 4.98 Å². The highest BCUT2D eigenvalue weighted by atomic mass is 32.2. The Hall–Kier alpha value is -3.27. The minimum atomic E-state index is -4.19. The van der Waals surface area contributed by atoms with Crippen LogP contribution >= 0.6 is 0 Å². The molecule has 1 amide bonds. The number of hydrogen-bond donors (Lipinski definition) is 0. The molecular weight excluding hydrogens is 452 g/mol. The van der Waals surface area contributed by atoms with E-state index < -0.39 is 21.5 Å². The number of carbonyl (C=O) groups is 1. The number of carbonyl (C=O) groups excluding carboxylic acids is 1. The predicted molar refractivity (Wildman–Crippen MR) is 115 cm³/mol. The van der Waals surface area contributed by atoms with Crippen LogP contribution in [0.1, 0.15) is 12.8 Å². The van der Waals surface area contributed by atoms with Crippen LogP contribution in [0.2, 0.25) is 0 Å². The van der Waals surface area contributed by atoms with Gasteiger partial charge in [-0.05, 0) is 49.2 Å². The quantitative estimate of drug-likeness (QED) is 0.528. The van der Waals surface area contributed by atoms with E-state index in [0.29, 0.717) is 26.2 Å². The normalized spacial score (nSPS) is 16.8. The second-order valence-electron chi connectivity index (χ2n) is 8.15. The van der Waals surface area contributed by atoms with Crippen molar-refractivity contribution in [3.8, 4) is 11.5 Å². The molecule has 0 bridgehead atoms. The van der Waals surface area contributed by atoms with Gasteiger partial charge in [0.1, 0.15) is 11.6 Å². The largest absolute Gasteiger partial charge is 0.419 e. The molecule has 2 fully saturated rings. The summed E-state index contributed by atoms with van der Waals surface area (Å²) in [7, 11) is -4.19. The van der Waals surface area contributed by atoms with Gasteiger partial charge in [0.05, 0.1) is 10.5 Å². The minimum absolute atomic E-state index is 0.0175. The number of piperazine rings is 1. The Morgan fingerprint density at radius 3 is 2.27 bits per heavy atom. The summed E-state index contributed by atoms with van der Waals surface area (Å²) in [5.41, 5.74) is 0.0295. The Morgan fingerprint density at radius 1 is 0.970 bits per heavy atom. The van der Waals surface area contributed by atoms with Crippen molar-refractivity contribution in [2.75, 3.05) is 31.1 Å². The molecule has 0 unspecified atom stereocenters. The van der Waals surface area contributed by atoms with Crippen LogP contribution in [0.3, 0.4) is 0 Å². The van der Waals surface area contributed by atoms with E-state index in [1.54, 1.807) is 15.9 Å². The van der Waals surface area contributed by atoms with Gasteiger partial charge in [-0.1, -0.05) is 12.1 Å². The average Bonchev–Trinajstić information content (AvgIpc) is 3.57. The maximum absolute atomic E-state index is 14.4. The van der Waals surface area contributed by atoms with Crippen molar-refractivity contribution in [2.24, 2.45) is 5.92 Å². The summed E-state index contributed by atoms with van der Waals surface area (Å²) in [6.07, 6.45) is 1.82. The fraction of sp³-hybridized carbons (Fsp3) is 0.304. The number of oxazole rings is 1. The SMILES string of the molecule is O=C(C1CC1)N1CCN(c2oc(-c3ccccc3F)nc2S(=O)(=O)c2ccc(F)cc2)CC1. The number of benzene rings is 2. The number of nitrogens with zero attached hydrogens (tertiary/aromatic N) is 3. The molecule has 1 saturated carbocycles. The van der Waals surface area contributed by atoms with Gasteiger partial charge in [0.25, 0.3) is 0 Å². The Kier molecular flexibility index (Phi) is 5.40. The lowest BCUT2D eigenvalue weighted by Crippen LogP contribution is -2.49. The minimum Gasteiger partial charge on any atom is -0.419 e. The van der Waals surface area contributed by atoms with E-state index in [1.807, 2.05) is 0 Å². The van der Waals surface area contributed by atoms with E-state index in [0.717, 1.165) is 37.1 Å². The fourth-order valence-electron chi connectivity index (χ4n) is 3.87. The van der Waals surface area contributed by atoms with Gasteiger partial charge < -0.3 is 14.2 Å². The highest BCUT2D eigenvalue weighted by Crippen LogP contribution is 2.36. The first-order valence-corrected chi connectivity index (χ1v) is 12.1. The molecular formula is C23H21F2N3O4S. The predicted octanol–water partition coefficient (Wildman–Crippen LogP) is 3.51. The first kappa shape index (κ1) is 21.6. The molecule has 1 aliphatic heterocycles. The van der Waals surface area contributed by atoms with E-state index in [9.17, 15) is 22.0 Å². The summed E-state index contributed by atoms with van der Waals surface area (Å²) in [4.78, 5) is 19.9. The first-order chi connectivity index (χ1) is 15.8. The highest BCUT2D eigenvalue weighted by Gasteiger charge is 2.37. The molecule has 1 aromatic heterocycles. The lowest BCUT2D eigenvalue weighted by Gasteiger charge is -2.34. The van der Waals surface area contributed by atoms with Crippen LogP contribution in [0.15, 0.2) is 62.9 Å². The first-order valence-electron chi connectivity index (χ1n) is 10.6. The lowest BCUT2D eigenvalue weighted by molar-refractivity contribution is -0.132. The van der Waals surface area contributed by atoms with Crippen LogP contribution < -0.4 is 4.90 Å². The molecule has 172 valence electrons. The van der Waals surface area contributed by atoms with Gasteiger partial charge in [-0.3, -0.25) is 4.79 Å². The molecule has 33 heavy (non-hydrogen) atoms. The number of rotatable bonds is 5. The second-order valence-corrected chi connectivity index (χ2v) is 10.0. The molecule has 0 atom stereocenters. The standard InChI is InChI=1S/C23H21F2N3O4S/c24-16-7-9-17(10-8-16)33(30,31)21-23(32-20(26-21)18-3-1-2-4-19(18)25)28-13-11-27(12-14-28)22(29)15-5-6-15/h1-4,7-10,15H,5-6,11-14H2. The Labute approximate surface area is 189 Å². The van der Waals surface area contributed by atoms with Crippen molar-refractivity contribution in [2.45, 2.75) is 22.8 Å². The van der Waals surface area contributed by atoms with Crippen LogP contribution in [0.25, 0.3) is 11.5 Å². The van der Waals surface area contributed by atoms with Crippen molar-refractivity contribution in [3.63, 3.8) is 0 Å². The maximum Gasteiger partial charge on any atom is 0.236 e. The van der Waals surface area contributed by atoms with Gasteiger partial charge in [0.15, 0.2) is 0 Å². The van der Waals surface area contributed by atoms with Gasteiger partial charge in [0.2, 0.25) is 32.5 Å². The topological polar surface area (TPSA) is 83.7 Å². The van der Waals surface area contributed by atoms with E-state index in [4.69, 9.17) is 4.42 Å². The molecule has 0 spiro atoms. The second kappa shape index (κ2) is 8.26. The Bertz CT molecular complexity index is 1300. The molecule has 3 aromatic rings. The third kappa shape index (κ3) is 4.10. The Morgan fingerprint density at radius 2 is 1.64 bits per heavy atom. The maximum atomic E-state index is 14.4. The van der Waals surface area contributed by atoms with Crippen molar-refractivity contribution in [1.29, 1.82) is 0 Å². The van der Waals surface area contributed by atoms with Crippen molar-refractivity contribution < 1.29 is 26.4 Å². The van der Waals surface area contributed by atoms with E-state index in [1.165, 1.54) is 18.2 Å². The number of halogens is 2. The van der Waals surface area contributed by atoms with Crippen LogP contribution in [-0.2, 0) is 14.6 Å². The summed E-state index contributed by atoms with van der Waals surface area (Å²) >= 11 is 0. The summed E-state index contributed by atoms with van der Waals surface area (Å²) in [5.74, 6) is -1.13. The molecule has 10 heteroatoms. The van der Waals surface area contributed by atoms with Gasteiger partial charge in [0, 0.05) is 32.1 Å². The van der Waals surface area contributed by atoms with Crippen molar-refractivity contribution >= 4 is 21.6 Å². The molecule has 1 saturated heterocycles. The van der Waals surface area contributed by atoms with E-state index in [-0.39, 0.29) is 39.1 Å². The molecule has 0 radical (unpaired) electrons. The summed E-state index contributed by atoms with van der Waals surface area (Å²) in [6, 6.07) is 10.2. The Balaban J connectivity index is 1.53. The zero-order valence-electron chi connectivity index (χ0n) is 17.6. The van der Waals surface area contributed by atoms with Crippen LogP contribution in [0.4, 0.5) is 14.7 Å². The summed E-state index contributed by atoms with van der Waals surface area (Å²) in [6.45, 7) is 1.52. The van der Waals surface area contributed by atoms with Gasteiger partial charge in [-0.2, -0.15) is 4.98 Å².